The molecule has 0 fully saturated rings. The molecule has 0 aromatic heterocycles. The largest absolute Gasteiger partial charge is 0.352 e. The number of carbonyl (C=O) groups excluding carboxylic acids is 2. The maximum absolute atomic E-state index is 12.1. The molecule has 25 heavy (non-hydrogen) atoms. The first-order chi connectivity index (χ1) is 12.0. The van der Waals surface area contributed by atoms with Gasteiger partial charge in [0.25, 0.3) is 0 Å². The fourth-order valence-electron chi connectivity index (χ4n) is 2.46. The lowest BCUT2D eigenvalue weighted by Crippen LogP contribution is -2.34. The molecule has 2 rings (SSSR count). The summed E-state index contributed by atoms with van der Waals surface area (Å²) in [7, 11) is 0. The highest BCUT2D eigenvalue weighted by molar-refractivity contribution is 5.93. The number of nitriles is 1. The van der Waals surface area contributed by atoms with Crippen LogP contribution in [-0.2, 0) is 16.1 Å². The second-order valence-electron chi connectivity index (χ2n) is 5.81. The molecule has 0 spiro atoms. The van der Waals surface area contributed by atoms with Gasteiger partial charge in [-0.3, -0.25) is 9.59 Å². The molecule has 1 N–H and O–H groups in total. The summed E-state index contributed by atoms with van der Waals surface area (Å²) in [6, 6.07) is 16.9. The molecule has 0 saturated heterocycles. The molecule has 0 radical (unpaired) electrons. The van der Waals surface area contributed by atoms with Crippen LogP contribution in [0.4, 0.5) is 5.69 Å². The van der Waals surface area contributed by atoms with E-state index in [0.717, 1.165) is 5.56 Å². The number of hydrogen-bond donors (Lipinski definition) is 1. The second kappa shape index (κ2) is 8.65. The smallest absolute Gasteiger partial charge is 0.223 e. The third-order valence-corrected chi connectivity index (χ3v) is 3.87. The van der Waals surface area contributed by atoms with Gasteiger partial charge in [0.2, 0.25) is 11.8 Å². The highest BCUT2D eigenvalue weighted by atomic mass is 16.2. The molecular formula is C20H21N3O2. The fourth-order valence-corrected chi connectivity index (χ4v) is 2.46. The number of nitrogens with zero attached hydrogens (tertiary/aromatic N) is 2. The quantitative estimate of drug-likeness (QED) is 0.882. The number of anilines is 1. The maximum atomic E-state index is 12.1. The van der Waals surface area contributed by atoms with E-state index in [1.54, 1.807) is 24.3 Å². The zero-order valence-corrected chi connectivity index (χ0v) is 14.5. The van der Waals surface area contributed by atoms with Crippen LogP contribution >= 0.6 is 0 Å². The van der Waals surface area contributed by atoms with E-state index in [0.29, 0.717) is 17.8 Å². The number of hydrogen-bond acceptors (Lipinski definition) is 3. The molecular weight excluding hydrogens is 314 g/mol. The Morgan fingerprint density at radius 3 is 2.44 bits per heavy atom. The SMILES string of the molecule is CC(=O)N(CCC(=O)NCc1ccc(C)cc1)c1ccccc1C#N. The lowest BCUT2D eigenvalue weighted by molar-refractivity contribution is -0.121. The summed E-state index contributed by atoms with van der Waals surface area (Å²) in [6.45, 7) is 4.12. The van der Waals surface area contributed by atoms with Crippen molar-refractivity contribution >= 4 is 17.5 Å². The zero-order valence-electron chi connectivity index (χ0n) is 14.5. The van der Waals surface area contributed by atoms with E-state index in [9.17, 15) is 14.9 Å². The van der Waals surface area contributed by atoms with Crippen LogP contribution in [0.1, 0.15) is 30.0 Å². The number of nitrogens with one attached hydrogen (secondary N) is 1. The van der Waals surface area contributed by atoms with E-state index in [2.05, 4.69) is 11.4 Å². The van der Waals surface area contributed by atoms with E-state index in [-0.39, 0.29) is 24.8 Å². The highest BCUT2D eigenvalue weighted by Crippen LogP contribution is 2.20. The number of amides is 2. The molecule has 0 bridgehead atoms. The van der Waals surface area contributed by atoms with Gasteiger partial charge in [0, 0.05) is 26.4 Å². The number of rotatable bonds is 6. The van der Waals surface area contributed by atoms with Crippen molar-refractivity contribution in [1.29, 1.82) is 5.26 Å². The van der Waals surface area contributed by atoms with E-state index in [1.165, 1.54) is 17.4 Å². The van der Waals surface area contributed by atoms with Gasteiger partial charge in [0.15, 0.2) is 0 Å². The Hall–Kier alpha value is -3.13. The van der Waals surface area contributed by atoms with Crippen LogP contribution in [0.2, 0.25) is 0 Å². The van der Waals surface area contributed by atoms with Gasteiger partial charge < -0.3 is 10.2 Å². The molecule has 2 aromatic rings. The van der Waals surface area contributed by atoms with Gasteiger partial charge in [-0.1, -0.05) is 42.0 Å². The lowest BCUT2D eigenvalue weighted by Gasteiger charge is -2.22. The van der Waals surface area contributed by atoms with Crippen LogP contribution in [0.25, 0.3) is 0 Å². The van der Waals surface area contributed by atoms with Crippen molar-refractivity contribution in [2.24, 2.45) is 0 Å². The predicted molar refractivity (Wildman–Crippen MR) is 96.8 cm³/mol. The van der Waals surface area contributed by atoms with Crippen molar-refractivity contribution in [2.75, 3.05) is 11.4 Å². The summed E-state index contributed by atoms with van der Waals surface area (Å²) in [4.78, 5) is 25.5. The Bertz CT molecular complexity index is 791. The standard InChI is InChI=1S/C20H21N3O2/c1-15-7-9-17(10-8-15)14-22-20(25)11-12-23(16(2)24)19-6-4-3-5-18(19)13-21/h3-10H,11-12,14H2,1-2H3,(H,22,25). The summed E-state index contributed by atoms with van der Waals surface area (Å²) < 4.78 is 0. The lowest BCUT2D eigenvalue weighted by atomic mass is 10.1. The first-order valence-corrected chi connectivity index (χ1v) is 8.10. The number of aryl methyl sites for hydroxylation is 1. The minimum Gasteiger partial charge on any atom is -0.352 e. The normalized spacial score (nSPS) is 9.96. The van der Waals surface area contributed by atoms with Crippen molar-refractivity contribution < 1.29 is 9.59 Å². The average Bonchev–Trinajstić information content (AvgIpc) is 2.61. The average molecular weight is 335 g/mol. The van der Waals surface area contributed by atoms with Crippen LogP contribution in [0.15, 0.2) is 48.5 Å². The van der Waals surface area contributed by atoms with Gasteiger partial charge in [-0.05, 0) is 24.6 Å². The first-order valence-electron chi connectivity index (χ1n) is 8.10. The van der Waals surface area contributed by atoms with Crippen LogP contribution in [-0.4, -0.2) is 18.4 Å². The molecule has 0 heterocycles. The van der Waals surface area contributed by atoms with Crippen LogP contribution < -0.4 is 10.2 Å². The van der Waals surface area contributed by atoms with Crippen LogP contribution in [0, 0.1) is 18.3 Å². The van der Waals surface area contributed by atoms with Gasteiger partial charge in [-0.2, -0.15) is 5.26 Å². The minimum atomic E-state index is -0.200. The maximum Gasteiger partial charge on any atom is 0.223 e. The second-order valence-corrected chi connectivity index (χ2v) is 5.81. The number of carbonyl (C=O) groups is 2. The van der Waals surface area contributed by atoms with Crippen molar-refractivity contribution in [2.45, 2.75) is 26.8 Å². The monoisotopic (exact) mass is 335 g/mol. The summed E-state index contributed by atoms with van der Waals surface area (Å²) in [5.41, 5.74) is 3.14. The molecule has 5 nitrogen and oxygen atoms in total. The summed E-state index contributed by atoms with van der Waals surface area (Å²) in [5, 5.41) is 12.0. The molecule has 128 valence electrons. The molecule has 2 aromatic carbocycles. The Balaban J connectivity index is 1.94. The van der Waals surface area contributed by atoms with Crippen molar-refractivity contribution in [3.63, 3.8) is 0 Å². The fraction of sp³-hybridized carbons (Fsp3) is 0.250. The van der Waals surface area contributed by atoms with E-state index >= 15 is 0 Å². The summed E-state index contributed by atoms with van der Waals surface area (Å²) in [6.07, 6.45) is 0.172. The molecule has 0 unspecified atom stereocenters. The van der Waals surface area contributed by atoms with Crippen molar-refractivity contribution in [3.8, 4) is 6.07 Å². The van der Waals surface area contributed by atoms with Gasteiger partial charge >= 0.3 is 0 Å². The summed E-state index contributed by atoms with van der Waals surface area (Å²) in [5.74, 6) is -0.338. The molecule has 2 amide bonds. The van der Waals surface area contributed by atoms with Crippen LogP contribution in [0.5, 0.6) is 0 Å². The van der Waals surface area contributed by atoms with Gasteiger partial charge in [0.1, 0.15) is 6.07 Å². The number of benzene rings is 2. The summed E-state index contributed by atoms with van der Waals surface area (Å²) >= 11 is 0. The minimum absolute atomic E-state index is 0.138. The highest BCUT2D eigenvalue weighted by Gasteiger charge is 2.16. The van der Waals surface area contributed by atoms with Gasteiger partial charge in [-0.25, -0.2) is 0 Å². The third-order valence-electron chi connectivity index (χ3n) is 3.87. The first kappa shape index (κ1) is 18.2. The molecule has 0 aliphatic rings. The van der Waals surface area contributed by atoms with Gasteiger partial charge in [-0.15, -0.1) is 0 Å². The molecule has 0 aliphatic heterocycles. The topological polar surface area (TPSA) is 73.2 Å². The number of para-hydroxylation sites is 1. The van der Waals surface area contributed by atoms with E-state index < -0.39 is 0 Å². The molecule has 5 heteroatoms. The van der Waals surface area contributed by atoms with Gasteiger partial charge in [0.05, 0.1) is 11.3 Å². The predicted octanol–water partition coefficient (Wildman–Crippen LogP) is 2.93. The van der Waals surface area contributed by atoms with Crippen LogP contribution in [0.3, 0.4) is 0 Å². The zero-order chi connectivity index (χ0) is 18.2. The molecule has 0 saturated carbocycles. The Kier molecular flexibility index (Phi) is 6.30. The Morgan fingerprint density at radius 2 is 1.80 bits per heavy atom. The third kappa shape index (κ3) is 5.18. The molecule has 0 atom stereocenters. The Labute approximate surface area is 147 Å². The Morgan fingerprint density at radius 1 is 1.12 bits per heavy atom. The van der Waals surface area contributed by atoms with E-state index in [1.807, 2.05) is 31.2 Å². The van der Waals surface area contributed by atoms with Crippen molar-refractivity contribution in [1.82, 2.24) is 5.32 Å². The van der Waals surface area contributed by atoms with E-state index in [4.69, 9.17) is 0 Å². The van der Waals surface area contributed by atoms with Crippen molar-refractivity contribution in [3.05, 3.63) is 65.2 Å². The molecule has 0 aliphatic carbocycles.